The molecule has 0 fully saturated rings. The van der Waals surface area contributed by atoms with Crippen LogP contribution in [-0.4, -0.2) is 28.5 Å². The smallest absolute Gasteiger partial charge is 0.358 e. The van der Waals surface area contributed by atoms with Gasteiger partial charge >= 0.3 is 11.9 Å². The summed E-state index contributed by atoms with van der Waals surface area (Å²) in [6, 6.07) is 8.17. The molecule has 2 rings (SSSR count). The quantitative estimate of drug-likeness (QED) is 0.784. The highest BCUT2D eigenvalue weighted by atomic mass is 16.5. The number of benzene rings is 1. The fraction of sp³-hybridized carbons (Fsp3) is 0.312. The summed E-state index contributed by atoms with van der Waals surface area (Å²) in [7, 11) is 0. The van der Waals surface area contributed by atoms with Gasteiger partial charge in [0.2, 0.25) is 0 Å². The van der Waals surface area contributed by atoms with Crippen LogP contribution in [0, 0.1) is 6.92 Å². The summed E-state index contributed by atoms with van der Waals surface area (Å²) in [6.07, 6.45) is 0. The van der Waals surface area contributed by atoms with E-state index in [1.807, 2.05) is 30.3 Å². The zero-order valence-corrected chi connectivity index (χ0v) is 13.0. The van der Waals surface area contributed by atoms with Crippen molar-refractivity contribution in [3.63, 3.8) is 0 Å². The number of carbonyl (C=O) groups is 2. The molecule has 0 bridgehead atoms. The van der Waals surface area contributed by atoms with Crippen LogP contribution in [0.3, 0.4) is 0 Å². The lowest BCUT2D eigenvalue weighted by molar-refractivity contribution is -0.146. The number of hydrogen-bond donors (Lipinski definition) is 2. The second-order valence-electron chi connectivity index (χ2n) is 4.89. The minimum absolute atomic E-state index is 0.119. The number of nitrogens with zero attached hydrogens (tertiary/aromatic N) is 1. The molecule has 1 heterocycles. The number of imidazole rings is 1. The molecule has 0 aliphatic rings. The van der Waals surface area contributed by atoms with Gasteiger partial charge in [-0.3, -0.25) is 0 Å². The van der Waals surface area contributed by atoms with Crippen LogP contribution in [0.1, 0.15) is 40.5 Å². The Morgan fingerprint density at radius 3 is 2.61 bits per heavy atom. The maximum Gasteiger partial charge on any atom is 0.358 e. The van der Waals surface area contributed by atoms with Gasteiger partial charge in [0.25, 0.3) is 0 Å². The van der Waals surface area contributed by atoms with E-state index >= 15 is 0 Å². The zero-order chi connectivity index (χ0) is 16.8. The van der Waals surface area contributed by atoms with Gasteiger partial charge in [-0.25, -0.2) is 14.6 Å². The molecule has 0 aliphatic carbocycles. The summed E-state index contributed by atoms with van der Waals surface area (Å²) in [5.74, 6) is -1.01. The first-order valence-corrected chi connectivity index (χ1v) is 7.22. The number of nitrogens with one attached hydrogen (secondary N) is 1. The molecule has 1 atom stereocenters. The molecule has 1 unspecified atom stereocenters. The van der Waals surface area contributed by atoms with Gasteiger partial charge in [0.1, 0.15) is 12.4 Å². The number of carbonyl (C=O) groups excluding carboxylic acids is 2. The zero-order valence-electron chi connectivity index (χ0n) is 13.0. The van der Waals surface area contributed by atoms with Crippen LogP contribution >= 0.6 is 0 Å². The number of aromatic amines is 1. The Balaban J connectivity index is 2.02. The number of aromatic nitrogens is 2. The molecule has 2 aromatic rings. The number of nitrogens with two attached hydrogens (primary N) is 1. The number of H-pyrrole nitrogens is 1. The molecule has 23 heavy (non-hydrogen) atoms. The Labute approximate surface area is 133 Å². The molecule has 0 radical (unpaired) electrons. The Morgan fingerprint density at radius 1 is 1.26 bits per heavy atom. The van der Waals surface area contributed by atoms with Crippen LogP contribution in [0.5, 0.6) is 0 Å². The average molecular weight is 317 g/mol. The fourth-order valence-corrected chi connectivity index (χ4v) is 1.96. The van der Waals surface area contributed by atoms with Crippen LogP contribution < -0.4 is 5.73 Å². The predicted molar refractivity (Wildman–Crippen MR) is 82.4 cm³/mol. The first-order chi connectivity index (χ1) is 11.0. The van der Waals surface area contributed by atoms with Gasteiger partial charge in [0.15, 0.2) is 11.7 Å². The van der Waals surface area contributed by atoms with Gasteiger partial charge in [0, 0.05) is 5.69 Å². The summed E-state index contributed by atoms with van der Waals surface area (Å²) >= 11 is 0. The summed E-state index contributed by atoms with van der Waals surface area (Å²) in [4.78, 5) is 30.6. The van der Waals surface area contributed by atoms with E-state index in [1.165, 1.54) is 0 Å². The van der Waals surface area contributed by atoms with E-state index in [1.54, 1.807) is 13.8 Å². The van der Waals surface area contributed by atoms with E-state index in [-0.39, 0.29) is 24.7 Å². The third-order valence-electron chi connectivity index (χ3n) is 3.14. The lowest BCUT2D eigenvalue weighted by atomic mass is 10.2. The van der Waals surface area contributed by atoms with Crippen LogP contribution in [0.2, 0.25) is 0 Å². The van der Waals surface area contributed by atoms with Crippen molar-refractivity contribution >= 4 is 11.9 Å². The fourth-order valence-electron chi connectivity index (χ4n) is 1.96. The molecule has 0 spiro atoms. The highest BCUT2D eigenvalue weighted by Crippen LogP contribution is 2.14. The van der Waals surface area contributed by atoms with Crippen LogP contribution in [0.15, 0.2) is 30.3 Å². The van der Waals surface area contributed by atoms with Crippen molar-refractivity contribution < 1.29 is 19.1 Å². The van der Waals surface area contributed by atoms with Crippen molar-refractivity contribution in [3.8, 4) is 0 Å². The van der Waals surface area contributed by atoms with E-state index < -0.39 is 18.0 Å². The standard InChI is InChI=1S/C16H19N3O4/c1-3-22-16(21)13-10(2)18-14(19-13)12(17)15(20)23-9-11-7-5-4-6-8-11/h4-8,12H,3,9,17H2,1-2H3,(H,18,19). The second-order valence-corrected chi connectivity index (χ2v) is 4.89. The van der Waals surface area contributed by atoms with Crippen molar-refractivity contribution in [3.05, 3.63) is 53.1 Å². The minimum Gasteiger partial charge on any atom is -0.461 e. The molecule has 0 aliphatic heterocycles. The van der Waals surface area contributed by atoms with Gasteiger partial charge in [-0.05, 0) is 19.4 Å². The van der Waals surface area contributed by atoms with Crippen molar-refractivity contribution in [2.45, 2.75) is 26.5 Å². The first-order valence-electron chi connectivity index (χ1n) is 7.22. The largest absolute Gasteiger partial charge is 0.461 e. The van der Waals surface area contributed by atoms with E-state index in [4.69, 9.17) is 15.2 Å². The summed E-state index contributed by atoms with van der Waals surface area (Å²) in [6.45, 7) is 3.72. The normalized spacial score (nSPS) is 11.8. The number of hydrogen-bond acceptors (Lipinski definition) is 6. The van der Waals surface area contributed by atoms with E-state index in [9.17, 15) is 9.59 Å². The molecule has 1 aromatic carbocycles. The maximum atomic E-state index is 12.0. The minimum atomic E-state index is -1.10. The van der Waals surface area contributed by atoms with Crippen LogP contribution in [0.25, 0.3) is 0 Å². The lowest BCUT2D eigenvalue weighted by Gasteiger charge is -2.09. The first kappa shape index (κ1) is 16.7. The highest BCUT2D eigenvalue weighted by molar-refractivity contribution is 5.88. The van der Waals surface area contributed by atoms with Gasteiger partial charge in [-0.2, -0.15) is 0 Å². The average Bonchev–Trinajstić information content (AvgIpc) is 2.95. The van der Waals surface area contributed by atoms with Crippen molar-refractivity contribution in [1.29, 1.82) is 0 Å². The van der Waals surface area contributed by atoms with Crippen LogP contribution in [-0.2, 0) is 20.9 Å². The molecule has 0 saturated heterocycles. The van der Waals surface area contributed by atoms with E-state index in [0.717, 1.165) is 5.56 Å². The Kier molecular flexibility index (Phi) is 5.48. The van der Waals surface area contributed by atoms with E-state index in [2.05, 4.69) is 9.97 Å². The van der Waals surface area contributed by atoms with Crippen molar-refractivity contribution in [1.82, 2.24) is 9.97 Å². The molecule has 7 heteroatoms. The summed E-state index contributed by atoms with van der Waals surface area (Å²) < 4.78 is 10.1. The lowest BCUT2D eigenvalue weighted by Crippen LogP contribution is -2.25. The van der Waals surface area contributed by atoms with Crippen molar-refractivity contribution in [2.24, 2.45) is 5.73 Å². The Bertz CT molecular complexity index is 682. The number of rotatable bonds is 6. The predicted octanol–water partition coefficient (Wildman–Crippen LogP) is 1.64. The van der Waals surface area contributed by atoms with Gasteiger partial charge in [0.05, 0.1) is 6.61 Å². The van der Waals surface area contributed by atoms with Gasteiger partial charge in [-0.15, -0.1) is 0 Å². The second kappa shape index (κ2) is 7.55. The molecular weight excluding hydrogens is 298 g/mol. The molecule has 3 N–H and O–H groups in total. The van der Waals surface area contributed by atoms with E-state index in [0.29, 0.717) is 5.69 Å². The topological polar surface area (TPSA) is 107 Å². The molecular formula is C16H19N3O4. The summed E-state index contributed by atoms with van der Waals surface area (Å²) in [5.41, 5.74) is 7.31. The third-order valence-corrected chi connectivity index (χ3v) is 3.14. The number of esters is 2. The molecule has 1 aromatic heterocycles. The van der Waals surface area contributed by atoms with Gasteiger partial charge in [-0.1, -0.05) is 30.3 Å². The van der Waals surface area contributed by atoms with Crippen molar-refractivity contribution in [2.75, 3.05) is 6.61 Å². The van der Waals surface area contributed by atoms with Crippen LogP contribution in [0.4, 0.5) is 0 Å². The Hall–Kier alpha value is -2.67. The number of aryl methyl sites for hydroxylation is 1. The molecule has 0 saturated carbocycles. The SMILES string of the molecule is CCOC(=O)c1nc(C(N)C(=O)OCc2ccccc2)[nH]c1C. The highest BCUT2D eigenvalue weighted by Gasteiger charge is 2.24. The molecule has 0 amide bonds. The molecule has 7 nitrogen and oxygen atoms in total. The third kappa shape index (κ3) is 4.17. The summed E-state index contributed by atoms with van der Waals surface area (Å²) in [5, 5.41) is 0. The Morgan fingerprint density at radius 2 is 1.96 bits per heavy atom. The van der Waals surface area contributed by atoms with Gasteiger partial charge < -0.3 is 20.2 Å². The maximum absolute atomic E-state index is 12.0. The number of ether oxygens (including phenoxy) is 2. The molecule has 122 valence electrons. The monoisotopic (exact) mass is 317 g/mol.